The highest BCUT2D eigenvalue weighted by Gasteiger charge is 2.20. The van der Waals surface area contributed by atoms with Crippen LogP contribution in [0.1, 0.15) is 49.5 Å². The summed E-state index contributed by atoms with van der Waals surface area (Å²) < 4.78 is 33.3. The van der Waals surface area contributed by atoms with E-state index in [1.807, 2.05) is 11.6 Å². The Morgan fingerprint density at radius 2 is 2.06 bits per heavy atom. The number of rotatable bonds is 2. The predicted molar refractivity (Wildman–Crippen MR) is 72.3 cm³/mol. The van der Waals surface area contributed by atoms with Crippen LogP contribution in [0.5, 0.6) is 0 Å². The molecule has 2 aromatic rings. The van der Waals surface area contributed by atoms with E-state index in [-0.39, 0.29) is 30.2 Å². The maximum atomic E-state index is 8.12. The van der Waals surface area contributed by atoms with Crippen molar-refractivity contribution in [2.45, 2.75) is 45.1 Å². The summed E-state index contributed by atoms with van der Waals surface area (Å²) in [6, 6.07) is 1.19. The highest BCUT2D eigenvalue weighted by molar-refractivity contribution is 5.54. The van der Waals surface area contributed by atoms with Gasteiger partial charge in [-0.25, -0.2) is 9.67 Å². The van der Waals surface area contributed by atoms with Gasteiger partial charge < -0.3 is 0 Å². The summed E-state index contributed by atoms with van der Waals surface area (Å²) in [5.41, 5.74) is 0.428. The van der Waals surface area contributed by atoms with Crippen LogP contribution in [0, 0.1) is 6.92 Å². The summed E-state index contributed by atoms with van der Waals surface area (Å²) in [6.07, 6.45) is 5.65. The Hall–Kier alpha value is -1.64. The summed E-state index contributed by atoms with van der Waals surface area (Å²) in [5, 5.41) is 4.49. The first kappa shape index (κ1) is 7.72. The molecule has 0 amide bonds. The minimum Gasteiger partial charge on any atom is -0.242 e. The summed E-state index contributed by atoms with van der Waals surface area (Å²) in [7, 11) is 0. The number of nitrogens with zero attached hydrogens (tertiary/aromatic N) is 3. The summed E-state index contributed by atoms with van der Waals surface area (Å²) in [6.45, 7) is 1.81. The summed E-state index contributed by atoms with van der Waals surface area (Å²) in [5.74, 6) is 1.18. The summed E-state index contributed by atoms with van der Waals surface area (Å²) >= 11 is 0. The van der Waals surface area contributed by atoms with Gasteiger partial charge in [-0.3, -0.25) is 0 Å². The van der Waals surface area contributed by atoms with Gasteiger partial charge in [-0.2, -0.15) is 5.10 Å². The molecule has 1 aromatic carbocycles. The number of hydrogen-bond donors (Lipinski definition) is 0. The van der Waals surface area contributed by atoms with Crippen LogP contribution in [0.3, 0.4) is 0 Å². The van der Waals surface area contributed by atoms with Crippen molar-refractivity contribution in [1.29, 1.82) is 0 Å². The molecule has 0 aliphatic heterocycles. The van der Waals surface area contributed by atoms with Crippen molar-refractivity contribution in [3.63, 3.8) is 0 Å². The zero-order chi connectivity index (χ0) is 15.9. The van der Waals surface area contributed by atoms with E-state index in [2.05, 4.69) is 10.1 Å². The fourth-order valence-corrected chi connectivity index (χ4v) is 2.59. The predicted octanol–water partition coefficient (Wildman–Crippen LogP) is 3.76. The Morgan fingerprint density at radius 3 is 2.89 bits per heavy atom. The van der Waals surface area contributed by atoms with Crippen LogP contribution in [0.15, 0.2) is 30.2 Å². The van der Waals surface area contributed by atoms with Crippen molar-refractivity contribution < 1.29 is 5.48 Å². The molecule has 18 heavy (non-hydrogen) atoms. The molecule has 1 aliphatic carbocycles. The molecule has 3 nitrogen and oxygen atoms in total. The molecule has 1 heterocycles. The monoisotopic (exact) mass is 245 g/mol. The van der Waals surface area contributed by atoms with Gasteiger partial charge in [0.15, 0.2) is 5.82 Å². The second-order valence-electron chi connectivity index (χ2n) is 4.80. The van der Waals surface area contributed by atoms with E-state index >= 15 is 0 Å². The third-order valence-electron chi connectivity index (χ3n) is 3.45. The molecule has 1 saturated carbocycles. The third kappa shape index (κ3) is 2.17. The zero-order valence-electron chi connectivity index (χ0n) is 14.5. The van der Waals surface area contributed by atoms with Gasteiger partial charge in [0, 0.05) is 5.56 Å². The van der Waals surface area contributed by atoms with Crippen LogP contribution in [0.2, 0.25) is 0 Å². The Bertz CT molecular complexity index is 705. The fourth-order valence-electron chi connectivity index (χ4n) is 2.59. The molecular weight excluding hydrogens is 222 g/mol. The molecule has 94 valence electrons. The van der Waals surface area contributed by atoms with Gasteiger partial charge in [0.2, 0.25) is 0 Å². The van der Waals surface area contributed by atoms with E-state index in [9.17, 15) is 0 Å². The Morgan fingerprint density at radius 1 is 1.22 bits per heavy atom. The van der Waals surface area contributed by atoms with Crippen molar-refractivity contribution in [3.8, 4) is 11.4 Å². The number of aromatic nitrogens is 3. The molecular formula is C15H19N3. The van der Waals surface area contributed by atoms with E-state index in [1.165, 1.54) is 12.5 Å². The second-order valence-corrected chi connectivity index (χ2v) is 4.80. The van der Waals surface area contributed by atoms with E-state index in [1.54, 1.807) is 0 Å². The van der Waals surface area contributed by atoms with E-state index in [4.69, 9.17) is 5.48 Å². The topological polar surface area (TPSA) is 30.7 Å². The maximum Gasteiger partial charge on any atom is 0.158 e. The smallest absolute Gasteiger partial charge is 0.158 e. The standard InChI is InChI=1S/C15H19N3/c1-12-16-15(13-8-4-2-5-9-13)18(17-12)14-10-6-3-7-11-14/h2,4-5,8-9,14H,3,6-7,10-11H2,1H3/i2D,4D,5D,8D. The lowest BCUT2D eigenvalue weighted by Gasteiger charge is -2.23. The molecule has 1 fully saturated rings. The zero-order valence-corrected chi connectivity index (χ0v) is 10.5. The lowest BCUT2D eigenvalue weighted by molar-refractivity contribution is 0.331. The molecule has 0 N–H and O–H groups in total. The average Bonchev–Trinajstić information content (AvgIpc) is 2.91. The highest BCUT2D eigenvalue weighted by Crippen LogP contribution is 2.31. The molecule has 0 spiro atoms. The van der Waals surface area contributed by atoms with Crippen LogP contribution >= 0.6 is 0 Å². The van der Waals surface area contributed by atoms with Crippen LogP contribution in [-0.2, 0) is 0 Å². The lowest BCUT2D eigenvalue weighted by Crippen LogP contribution is -2.15. The molecule has 0 atom stereocenters. The number of hydrogen-bond acceptors (Lipinski definition) is 2. The maximum absolute atomic E-state index is 8.12. The SMILES string of the molecule is [2H]c1cc(-c2nc(C)nn2C2CCCCC2)c([2H])c([2H])c1[2H]. The molecule has 3 rings (SSSR count). The second kappa shape index (κ2) is 4.92. The molecule has 1 aromatic heterocycles. The van der Waals surface area contributed by atoms with Gasteiger partial charge in [0.05, 0.1) is 11.5 Å². The first-order valence-electron chi connectivity index (χ1n) is 8.50. The quantitative estimate of drug-likeness (QED) is 0.806. The van der Waals surface area contributed by atoms with Crippen molar-refractivity contribution in [2.24, 2.45) is 0 Å². The van der Waals surface area contributed by atoms with Crippen LogP contribution in [-0.4, -0.2) is 14.8 Å². The highest BCUT2D eigenvalue weighted by atomic mass is 15.4. The third-order valence-corrected chi connectivity index (χ3v) is 3.45. The molecule has 0 bridgehead atoms. The minimum absolute atomic E-state index is 0.0492. The van der Waals surface area contributed by atoms with Gasteiger partial charge in [0.25, 0.3) is 0 Å². The largest absolute Gasteiger partial charge is 0.242 e. The first-order chi connectivity index (χ1) is 10.5. The van der Waals surface area contributed by atoms with Crippen LogP contribution < -0.4 is 0 Å². The molecule has 0 unspecified atom stereocenters. The van der Waals surface area contributed by atoms with Gasteiger partial charge in [-0.15, -0.1) is 0 Å². The van der Waals surface area contributed by atoms with Crippen molar-refractivity contribution >= 4 is 0 Å². The minimum atomic E-state index is -0.224. The van der Waals surface area contributed by atoms with Gasteiger partial charge in [-0.05, 0) is 19.8 Å². The van der Waals surface area contributed by atoms with Gasteiger partial charge in [-0.1, -0.05) is 49.5 Å². The number of benzene rings is 1. The van der Waals surface area contributed by atoms with E-state index in [0.29, 0.717) is 17.2 Å². The number of aryl methyl sites for hydroxylation is 1. The van der Waals surface area contributed by atoms with Crippen molar-refractivity contribution in [3.05, 3.63) is 36.1 Å². The van der Waals surface area contributed by atoms with Crippen molar-refractivity contribution in [2.75, 3.05) is 0 Å². The molecule has 0 radical (unpaired) electrons. The molecule has 3 heteroatoms. The van der Waals surface area contributed by atoms with Crippen molar-refractivity contribution in [1.82, 2.24) is 14.8 Å². The Labute approximate surface area is 113 Å². The van der Waals surface area contributed by atoms with Gasteiger partial charge >= 0.3 is 0 Å². The van der Waals surface area contributed by atoms with E-state index < -0.39 is 0 Å². The normalized spacial score (nSPS) is 20.1. The Kier molecular flexibility index (Phi) is 2.11. The molecule has 0 saturated heterocycles. The van der Waals surface area contributed by atoms with Crippen LogP contribution in [0.25, 0.3) is 11.4 Å². The molecule has 1 aliphatic rings. The Balaban J connectivity index is 2.13. The van der Waals surface area contributed by atoms with Crippen LogP contribution in [0.4, 0.5) is 0 Å². The summed E-state index contributed by atoms with van der Waals surface area (Å²) in [4.78, 5) is 4.43. The fraction of sp³-hybridized carbons (Fsp3) is 0.467. The van der Waals surface area contributed by atoms with E-state index in [0.717, 1.165) is 25.7 Å². The average molecular weight is 245 g/mol. The lowest BCUT2D eigenvalue weighted by atomic mass is 9.95. The first-order valence-corrected chi connectivity index (χ1v) is 6.50. The van der Waals surface area contributed by atoms with Gasteiger partial charge in [0.1, 0.15) is 5.82 Å².